The Labute approximate surface area is 124 Å². The van der Waals surface area contributed by atoms with Gasteiger partial charge >= 0.3 is 0 Å². The number of aromatic nitrogens is 2. The largest absolute Gasteiger partial charge is 0.486 e. The van der Waals surface area contributed by atoms with Crippen LogP contribution in [0.15, 0.2) is 30.6 Å². The molecule has 21 heavy (non-hydrogen) atoms. The molecule has 0 N–H and O–H groups in total. The van der Waals surface area contributed by atoms with Crippen molar-refractivity contribution < 1.29 is 9.47 Å². The van der Waals surface area contributed by atoms with Crippen molar-refractivity contribution in [2.75, 3.05) is 13.2 Å². The van der Waals surface area contributed by atoms with Gasteiger partial charge in [-0.05, 0) is 37.0 Å². The van der Waals surface area contributed by atoms with E-state index in [1.54, 1.807) is 0 Å². The quantitative estimate of drug-likeness (QED) is 0.865. The van der Waals surface area contributed by atoms with E-state index in [4.69, 9.17) is 9.47 Å². The monoisotopic (exact) mass is 284 g/mol. The minimum Gasteiger partial charge on any atom is -0.486 e. The third kappa shape index (κ3) is 2.50. The first-order valence-corrected chi connectivity index (χ1v) is 7.81. The predicted octanol–water partition coefficient (Wildman–Crippen LogP) is 3.51. The first-order valence-electron chi connectivity index (χ1n) is 7.81. The summed E-state index contributed by atoms with van der Waals surface area (Å²) in [4.78, 5) is 4.54. The average Bonchev–Trinajstić information content (AvgIpc) is 3.19. The molecule has 1 aliphatic heterocycles. The fourth-order valence-electron chi connectivity index (χ4n) is 3.37. The van der Waals surface area contributed by atoms with Crippen LogP contribution < -0.4 is 9.47 Å². The first-order chi connectivity index (χ1) is 10.4. The van der Waals surface area contributed by atoms with Gasteiger partial charge < -0.3 is 14.0 Å². The molecule has 4 nitrogen and oxygen atoms in total. The maximum atomic E-state index is 5.67. The van der Waals surface area contributed by atoms with Crippen LogP contribution in [0, 0.1) is 5.92 Å². The Morgan fingerprint density at radius 3 is 2.76 bits per heavy atom. The van der Waals surface area contributed by atoms with Crippen molar-refractivity contribution in [2.24, 2.45) is 5.92 Å². The van der Waals surface area contributed by atoms with E-state index >= 15 is 0 Å². The van der Waals surface area contributed by atoms with E-state index in [1.807, 2.05) is 18.3 Å². The molecule has 1 aromatic carbocycles. The van der Waals surface area contributed by atoms with Crippen LogP contribution in [0.25, 0.3) is 11.4 Å². The summed E-state index contributed by atoms with van der Waals surface area (Å²) in [6, 6.07) is 6.10. The van der Waals surface area contributed by atoms with E-state index in [2.05, 4.69) is 21.8 Å². The van der Waals surface area contributed by atoms with Crippen molar-refractivity contribution >= 4 is 0 Å². The first kappa shape index (κ1) is 12.7. The van der Waals surface area contributed by atoms with Gasteiger partial charge in [0, 0.05) is 24.5 Å². The summed E-state index contributed by atoms with van der Waals surface area (Å²) in [5.41, 5.74) is 1.10. The maximum absolute atomic E-state index is 5.67. The zero-order valence-electron chi connectivity index (χ0n) is 12.1. The molecule has 0 saturated heterocycles. The van der Waals surface area contributed by atoms with Gasteiger partial charge in [0.2, 0.25) is 0 Å². The van der Waals surface area contributed by atoms with Crippen LogP contribution in [0.3, 0.4) is 0 Å². The number of hydrogen-bond acceptors (Lipinski definition) is 3. The number of fused-ring (bicyclic) bond motifs is 1. The smallest absolute Gasteiger partial charge is 0.162 e. The summed E-state index contributed by atoms with van der Waals surface area (Å²) in [5.74, 6) is 3.49. The molecule has 4 heteroatoms. The Morgan fingerprint density at radius 2 is 1.90 bits per heavy atom. The highest BCUT2D eigenvalue weighted by molar-refractivity contribution is 5.61. The van der Waals surface area contributed by atoms with Crippen LogP contribution in [-0.4, -0.2) is 22.8 Å². The van der Waals surface area contributed by atoms with Crippen LogP contribution in [0.5, 0.6) is 11.5 Å². The molecule has 0 bridgehead atoms. The van der Waals surface area contributed by atoms with Crippen molar-refractivity contribution in [2.45, 2.75) is 32.2 Å². The highest BCUT2D eigenvalue weighted by Gasteiger charge is 2.18. The summed E-state index contributed by atoms with van der Waals surface area (Å²) in [7, 11) is 0. The van der Waals surface area contributed by atoms with Crippen LogP contribution in [0.1, 0.15) is 25.7 Å². The van der Waals surface area contributed by atoms with Crippen LogP contribution in [0.2, 0.25) is 0 Å². The molecule has 1 fully saturated rings. The molecule has 4 rings (SSSR count). The fraction of sp³-hybridized carbons (Fsp3) is 0.471. The van der Waals surface area contributed by atoms with E-state index in [0.29, 0.717) is 13.2 Å². The SMILES string of the molecule is c1cn(CC2CCCC2)c(-c2ccc3c(c2)OCCO3)n1. The molecule has 0 radical (unpaired) electrons. The molecule has 1 aliphatic carbocycles. The topological polar surface area (TPSA) is 36.3 Å². The molecule has 2 aromatic rings. The Bertz CT molecular complexity index is 629. The number of benzene rings is 1. The standard InChI is InChI=1S/C17H20N2O2/c1-2-4-13(3-1)12-19-8-7-18-17(19)14-5-6-15-16(11-14)21-10-9-20-15/h5-8,11,13H,1-4,9-10,12H2. The fourth-order valence-corrected chi connectivity index (χ4v) is 3.37. The minimum absolute atomic E-state index is 0.618. The third-order valence-electron chi connectivity index (χ3n) is 4.45. The van der Waals surface area contributed by atoms with Gasteiger partial charge in [-0.2, -0.15) is 0 Å². The number of nitrogens with zero attached hydrogens (tertiary/aromatic N) is 2. The van der Waals surface area contributed by atoms with Gasteiger partial charge in [-0.1, -0.05) is 12.8 Å². The van der Waals surface area contributed by atoms with Gasteiger partial charge in [0.15, 0.2) is 11.5 Å². The third-order valence-corrected chi connectivity index (χ3v) is 4.45. The van der Waals surface area contributed by atoms with Crippen LogP contribution in [-0.2, 0) is 6.54 Å². The molecule has 2 heterocycles. The summed E-state index contributed by atoms with van der Waals surface area (Å²) >= 11 is 0. The number of hydrogen-bond donors (Lipinski definition) is 0. The summed E-state index contributed by atoms with van der Waals surface area (Å²) in [6.07, 6.45) is 9.42. The Hall–Kier alpha value is -1.97. The van der Waals surface area contributed by atoms with Crippen molar-refractivity contribution in [3.63, 3.8) is 0 Å². The van der Waals surface area contributed by atoms with Crippen molar-refractivity contribution in [1.82, 2.24) is 9.55 Å². The molecule has 1 aromatic heterocycles. The molecule has 0 atom stereocenters. The lowest BCUT2D eigenvalue weighted by Crippen LogP contribution is -2.15. The highest BCUT2D eigenvalue weighted by atomic mass is 16.6. The van der Waals surface area contributed by atoms with E-state index < -0.39 is 0 Å². The van der Waals surface area contributed by atoms with Gasteiger partial charge in [0.1, 0.15) is 19.0 Å². The van der Waals surface area contributed by atoms with Gasteiger partial charge in [-0.3, -0.25) is 0 Å². The second kappa shape index (κ2) is 5.43. The minimum atomic E-state index is 0.618. The Morgan fingerprint density at radius 1 is 1.10 bits per heavy atom. The van der Waals surface area contributed by atoms with Crippen molar-refractivity contribution in [3.8, 4) is 22.9 Å². The molecule has 0 spiro atoms. The number of imidazole rings is 1. The second-order valence-corrected chi connectivity index (χ2v) is 5.91. The average molecular weight is 284 g/mol. The Kier molecular flexibility index (Phi) is 3.30. The second-order valence-electron chi connectivity index (χ2n) is 5.91. The maximum Gasteiger partial charge on any atom is 0.162 e. The van der Waals surface area contributed by atoms with Gasteiger partial charge in [-0.25, -0.2) is 4.98 Å². The summed E-state index contributed by atoms with van der Waals surface area (Å²) < 4.78 is 13.5. The highest BCUT2D eigenvalue weighted by Crippen LogP contribution is 2.34. The Balaban J connectivity index is 1.62. The molecule has 1 saturated carbocycles. The van der Waals surface area contributed by atoms with E-state index in [-0.39, 0.29) is 0 Å². The van der Waals surface area contributed by atoms with E-state index in [0.717, 1.165) is 35.3 Å². The summed E-state index contributed by atoms with van der Waals surface area (Å²) in [5, 5.41) is 0. The molecule has 0 unspecified atom stereocenters. The number of rotatable bonds is 3. The van der Waals surface area contributed by atoms with Crippen LogP contribution in [0.4, 0.5) is 0 Å². The van der Waals surface area contributed by atoms with E-state index in [9.17, 15) is 0 Å². The lowest BCUT2D eigenvalue weighted by atomic mass is 10.1. The lowest BCUT2D eigenvalue weighted by molar-refractivity contribution is 0.171. The zero-order chi connectivity index (χ0) is 14.1. The lowest BCUT2D eigenvalue weighted by Gasteiger charge is -2.19. The molecular formula is C17H20N2O2. The molecule has 2 aliphatic rings. The van der Waals surface area contributed by atoms with Gasteiger partial charge in [0.25, 0.3) is 0 Å². The molecule has 0 amide bonds. The van der Waals surface area contributed by atoms with E-state index in [1.165, 1.54) is 25.7 Å². The predicted molar refractivity (Wildman–Crippen MR) is 80.6 cm³/mol. The number of ether oxygens (including phenoxy) is 2. The van der Waals surface area contributed by atoms with Crippen LogP contribution >= 0.6 is 0 Å². The van der Waals surface area contributed by atoms with Gasteiger partial charge in [0.05, 0.1) is 0 Å². The molecular weight excluding hydrogens is 264 g/mol. The molecule has 110 valence electrons. The normalized spacial score (nSPS) is 18.1. The van der Waals surface area contributed by atoms with Crippen molar-refractivity contribution in [3.05, 3.63) is 30.6 Å². The van der Waals surface area contributed by atoms with Crippen molar-refractivity contribution in [1.29, 1.82) is 0 Å². The summed E-state index contributed by atoms with van der Waals surface area (Å²) in [6.45, 7) is 2.32. The zero-order valence-corrected chi connectivity index (χ0v) is 12.1. The van der Waals surface area contributed by atoms with Gasteiger partial charge in [-0.15, -0.1) is 0 Å².